The molecule has 1 aromatic carbocycles. The van der Waals surface area contributed by atoms with Crippen LogP contribution in [0.4, 0.5) is 11.4 Å². The highest BCUT2D eigenvalue weighted by Gasteiger charge is 2.21. The zero-order valence-corrected chi connectivity index (χ0v) is 10.1. The van der Waals surface area contributed by atoms with Gasteiger partial charge in [0, 0.05) is 12.5 Å². The molecule has 0 aromatic heterocycles. The molecule has 1 aliphatic heterocycles. The molecule has 1 aromatic rings. The van der Waals surface area contributed by atoms with Crippen LogP contribution in [-0.2, 0) is 4.79 Å². The van der Waals surface area contributed by atoms with Crippen LogP contribution in [0.1, 0.15) is 12.0 Å². The molecule has 1 fully saturated rings. The standard InChI is InChI=1S/C12H15N3O3/c1-8-10(3-2-4-11(8)15(17)18)14-12(16)5-9-6-13-7-9/h2-4,9,13H,5-7H2,1H3,(H,14,16). The van der Waals surface area contributed by atoms with Gasteiger partial charge in [0.2, 0.25) is 5.91 Å². The number of carbonyl (C=O) groups excluding carboxylic acids is 1. The van der Waals surface area contributed by atoms with Gasteiger partial charge in [0.05, 0.1) is 16.2 Å². The maximum atomic E-state index is 11.7. The molecule has 0 unspecified atom stereocenters. The number of hydrogen-bond donors (Lipinski definition) is 2. The molecule has 0 aliphatic carbocycles. The number of amides is 1. The van der Waals surface area contributed by atoms with Crippen molar-refractivity contribution in [2.24, 2.45) is 5.92 Å². The average molecular weight is 249 g/mol. The number of benzene rings is 1. The van der Waals surface area contributed by atoms with Gasteiger partial charge in [-0.3, -0.25) is 14.9 Å². The van der Waals surface area contributed by atoms with E-state index in [0.29, 0.717) is 23.6 Å². The molecule has 96 valence electrons. The first-order valence-electron chi connectivity index (χ1n) is 5.82. The summed E-state index contributed by atoms with van der Waals surface area (Å²) < 4.78 is 0. The molecule has 2 rings (SSSR count). The van der Waals surface area contributed by atoms with Gasteiger partial charge in [-0.2, -0.15) is 0 Å². The minimum Gasteiger partial charge on any atom is -0.326 e. The fourth-order valence-electron chi connectivity index (χ4n) is 1.91. The predicted molar refractivity (Wildman–Crippen MR) is 67.4 cm³/mol. The maximum Gasteiger partial charge on any atom is 0.274 e. The third-order valence-electron chi connectivity index (χ3n) is 3.12. The SMILES string of the molecule is Cc1c(NC(=O)CC2CNC2)cccc1[N+](=O)[O-]. The second-order valence-electron chi connectivity index (χ2n) is 4.48. The number of nitrogens with one attached hydrogen (secondary N) is 2. The molecule has 0 spiro atoms. The van der Waals surface area contributed by atoms with Crippen molar-refractivity contribution in [2.75, 3.05) is 18.4 Å². The molecular formula is C12H15N3O3. The van der Waals surface area contributed by atoms with Gasteiger partial charge in [-0.1, -0.05) is 6.07 Å². The molecule has 0 radical (unpaired) electrons. The average Bonchev–Trinajstić information content (AvgIpc) is 2.26. The molecule has 6 heteroatoms. The summed E-state index contributed by atoms with van der Waals surface area (Å²) in [5.41, 5.74) is 1.03. The van der Waals surface area contributed by atoms with Crippen LogP contribution in [0.5, 0.6) is 0 Å². The summed E-state index contributed by atoms with van der Waals surface area (Å²) in [5.74, 6) is 0.286. The molecule has 18 heavy (non-hydrogen) atoms. The van der Waals surface area contributed by atoms with Gasteiger partial charge in [0.1, 0.15) is 0 Å². The number of carbonyl (C=O) groups is 1. The zero-order chi connectivity index (χ0) is 13.1. The topological polar surface area (TPSA) is 84.3 Å². The normalized spacial score (nSPS) is 14.9. The molecule has 0 saturated carbocycles. The Labute approximate surface area is 105 Å². The number of anilines is 1. The van der Waals surface area contributed by atoms with Crippen LogP contribution >= 0.6 is 0 Å². The molecule has 0 bridgehead atoms. The van der Waals surface area contributed by atoms with Crippen molar-refractivity contribution in [3.05, 3.63) is 33.9 Å². The lowest BCUT2D eigenvalue weighted by atomic mass is 9.99. The third kappa shape index (κ3) is 2.65. The van der Waals surface area contributed by atoms with Crippen molar-refractivity contribution in [2.45, 2.75) is 13.3 Å². The van der Waals surface area contributed by atoms with Crippen molar-refractivity contribution < 1.29 is 9.72 Å². The first-order valence-corrected chi connectivity index (χ1v) is 5.82. The number of nitro groups is 1. The van der Waals surface area contributed by atoms with Gasteiger partial charge in [-0.15, -0.1) is 0 Å². The Morgan fingerprint density at radius 3 is 2.83 bits per heavy atom. The van der Waals surface area contributed by atoms with Crippen molar-refractivity contribution in [1.29, 1.82) is 0 Å². The lowest BCUT2D eigenvalue weighted by molar-refractivity contribution is -0.385. The van der Waals surface area contributed by atoms with Crippen LogP contribution in [0.3, 0.4) is 0 Å². The molecule has 1 heterocycles. The monoisotopic (exact) mass is 249 g/mol. The number of rotatable bonds is 4. The van der Waals surface area contributed by atoms with E-state index < -0.39 is 4.92 Å². The molecule has 1 saturated heterocycles. The highest BCUT2D eigenvalue weighted by atomic mass is 16.6. The first-order chi connectivity index (χ1) is 8.58. The maximum absolute atomic E-state index is 11.7. The van der Waals surface area contributed by atoms with Crippen LogP contribution in [0.25, 0.3) is 0 Å². The smallest absolute Gasteiger partial charge is 0.274 e. The van der Waals surface area contributed by atoms with E-state index >= 15 is 0 Å². The fourth-order valence-corrected chi connectivity index (χ4v) is 1.91. The molecule has 1 aliphatic rings. The Morgan fingerprint density at radius 1 is 1.56 bits per heavy atom. The Morgan fingerprint density at radius 2 is 2.28 bits per heavy atom. The molecule has 1 amide bonds. The third-order valence-corrected chi connectivity index (χ3v) is 3.12. The van der Waals surface area contributed by atoms with E-state index in [2.05, 4.69) is 10.6 Å². The number of nitro benzene ring substituents is 1. The largest absolute Gasteiger partial charge is 0.326 e. The van der Waals surface area contributed by atoms with Gasteiger partial charge in [-0.25, -0.2) is 0 Å². The van der Waals surface area contributed by atoms with E-state index in [9.17, 15) is 14.9 Å². The van der Waals surface area contributed by atoms with Crippen molar-refractivity contribution in [3.63, 3.8) is 0 Å². The van der Waals surface area contributed by atoms with Crippen LogP contribution in [-0.4, -0.2) is 23.9 Å². The van der Waals surface area contributed by atoms with Crippen molar-refractivity contribution in [3.8, 4) is 0 Å². The molecule has 2 N–H and O–H groups in total. The second-order valence-corrected chi connectivity index (χ2v) is 4.48. The lowest BCUT2D eigenvalue weighted by Crippen LogP contribution is -2.43. The van der Waals surface area contributed by atoms with E-state index in [1.165, 1.54) is 6.07 Å². The minimum absolute atomic E-state index is 0.0260. The van der Waals surface area contributed by atoms with E-state index in [-0.39, 0.29) is 11.6 Å². The van der Waals surface area contributed by atoms with Crippen molar-refractivity contribution >= 4 is 17.3 Å². The summed E-state index contributed by atoms with van der Waals surface area (Å²) in [6.45, 7) is 3.36. The van der Waals surface area contributed by atoms with Gasteiger partial charge in [-0.05, 0) is 32.0 Å². The minimum atomic E-state index is -0.444. The quantitative estimate of drug-likeness (QED) is 0.624. The van der Waals surface area contributed by atoms with Crippen LogP contribution in [0, 0.1) is 23.0 Å². The Balaban J connectivity index is 2.06. The van der Waals surface area contributed by atoms with Crippen LogP contribution in [0.15, 0.2) is 18.2 Å². The summed E-state index contributed by atoms with van der Waals surface area (Å²) in [6, 6.07) is 4.69. The van der Waals surface area contributed by atoms with Gasteiger partial charge < -0.3 is 10.6 Å². The number of hydrogen-bond acceptors (Lipinski definition) is 4. The van der Waals surface area contributed by atoms with E-state index in [0.717, 1.165) is 13.1 Å². The second kappa shape index (κ2) is 5.14. The van der Waals surface area contributed by atoms with E-state index in [1.807, 2.05) is 0 Å². The van der Waals surface area contributed by atoms with Crippen LogP contribution in [0.2, 0.25) is 0 Å². The predicted octanol–water partition coefficient (Wildman–Crippen LogP) is 1.45. The highest BCUT2D eigenvalue weighted by molar-refractivity contribution is 5.92. The molecule has 0 atom stereocenters. The Hall–Kier alpha value is -1.95. The van der Waals surface area contributed by atoms with Gasteiger partial charge >= 0.3 is 0 Å². The highest BCUT2D eigenvalue weighted by Crippen LogP contribution is 2.25. The Bertz CT molecular complexity index is 483. The first kappa shape index (κ1) is 12.5. The summed E-state index contributed by atoms with van der Waals surface area (Å²) >= 11 is 0. The van der Waals surface area contributed by atoms with E-state index in [1.54, 1.807) is 19.1 Å². The summed E-state index contributed by atoms with van der Waals surface area (Å²) in [5, 5.41) is 16.6. The Kier molecular flexibility index (Phi) is 3.57. The summed E-state index contributed by atoms with van der Waals surface area (Å²) in [4.78, 5) is 22.1. The number of nitrogens with zero attached hydrogens (tertiary/aromatic N) is 1. The van der Waals surface area contributed by atoms with E-state index in [4.69, 9.17) is 0 Å². The van der Waals surface area contributed by atoms with Gasteiger partial charge in [0.25, 0.3) is 5.69 Å². The molecular weight excluding hydrogens is 234 g/mol. The fraction of sp³-hybridized carbons (Fsp3) is 0.417. The summed E-state index contributed by atoms with van der Waals surface area (Å²) in [6.07, 6.45) is 0.454. The van der Waals surface area contributed by atoms with Crippen LogP contribution < -0.4 is 10.6 Å². The van der Waals surface area contributed by atoms with Gasteiger partial charge in [0.15, 0.2) is 0 Å². The van der Waals surface area contributed by atoms with Crippen molar-refractivity contribution in [1.82, 2.24) is 5.32 Å². The molecule has 6 nitrogen and oxygen atoms in total. The lowest BCUT2D eigenvalue weighted by Gasteiger charge is -2.26. The zero-order valence-electron chi connectivity index (χ0n) is 10.1. The summed E-state index contributed by atoms with van der Waals surface area (Å²) in [7, 11) is 0.